The SMILES string of the molecule is CC(C)(C)c1nnc(CCCCc2nnc(C(C)(C)C)o2)o1. The first kappa shape index (κ1) is 16.6. The van der Waals surface area contributed by atoms with Crippen LogP contribution in [0.25, 0.3) is 0 Å². The van der Waals surface area contributed by atoms with Crippen molar-refractivity contribution < 1.29 is 8.83 Å². The van der Waals surface area contributed by atoms with Crippen LogP contribution in [0.15, 0.2) is 8.83 Å². The summed E-state index contributed by atoms with van der Waals surface area (Å²) >= 11 is 0. The smallest absolute Gasteiger partial charge is 0.221 e. The van der Waals surface area contributed by atoms with E-state index < -0.39 is 0 Å². The lowest BCUT2D eigenvalue weighted by Crippen LogP contribution is -2.11. The molecule has 0 saturated heterocycles. The Morgan fingerprint density at radius 3 is 1.27 bits per heavy atom. The molecule has 0 N–H and O–H groups in total. The molecule has 0 aromatic carbocycles. The zero-order valence-corrected chi connectivity index (χ0v) is 14.4. The Labute approximate surface area is 131 Å². The zero-order chi connectivity index (χ0) is 16.4. The molecule has 6 heteroatoms. The van der Waals surface area contributed by atoms with Crippen LogP contribution in [-0.4, -0.2) is 20.4 Å². The third-order valence-electron chi connectivity index (χ3n) is 3.25. The molecule has 0 aliphatic heterocycles. The molecule has 2 rings (SSSR count). The van der Waals surface area contributed by atoms with Crippen LogP contribution in [0.1, 0.15) is 77.9 Å². The van der Waals surface area contributed by atoms with Crippen molar-refractivity contribution in [2.24, 2.45) is 0 Å². The fourth-order valence-electron chi connectivity index (χ4n) is 1.87. The number of aryl methyl sites for hydroxylation is 2. The summed E-state index contributed by atoms with van der Waals surface area (Å²) in [5.41, 5.74) is -0.198. The number of rotatable bonds is 5. The van der Waals surface area contributed by atoms with Gasteiger partial charge in [-0.25, -0.2) is 0 Å². The van der Waals surface area contributed by atoms with Gasteiger partial charge in [0.25, 0.3) is 0 Å². The zero-order valence-electron chi connectivity index (χ0n) is 14.4. The predicted octanol–water partition coefficient (Wildman–Crippen LogP) is 3.61. The molecular formula is C16H26N4O2. The van der Waals surface area contributed by atoms with Gasteiger partial charge in [-0.2, -0.15) is 0 Å². The van der Waals surface area contributed by atoms with Crippen molar-refractivity contribution in [1.82, 2.24) is 20.4 Å². The Hall–Kier alpha value is -1.72. The monoisotopic (exact) mass is 306 g/mol. The molecule has 0 aliphatic rings. The van der Waals surface area contributed by atoms with Crippen molar-refractivity contribution in [1.29, 1.82) is 0 Å². The minimum atomic E-state index is -0.0988. The molecule has 6 nitrogen and oxygen atoms in total. The van der Waals surface area contributed by atoms with Crippen LogP contribution in [0.3, 0.4) is 0 Å². The highest BCUT2D eigenvalue weighted by molar-refractivity contribution is 4.97. The van der Waals surface area contributed by atoms with Gasteiger partial charge in [-0.15, -0.1) is 20.4 Å². The Balaban J connectivity index is 1.78. The molecule has 0 bridgehead atoms. The Morgan fingerprint density at radius 2 is 1.00 bits per heavy atom. The quantitative estimate of drug-likeness (QED) is 0.785. The van der Waals surface area contributed by atoms with Gasteiger partial charge in [0.05, 0.1) is 0 Å². The number of hydrogen-bond acceptors (Lipinski definition) is 6. The summed E-state index contributed by atoms with van der Waals surface area (Å²) < 4.78 is 11.4. The molecule has 0 unspecified atom stereocenters. The fourth-order valence-corrected chi connectivity index (χ4v) is 1.87. The standard InChI is InChI=1S/C16H26N4O2/c1-15(2,3)13-19-17-11(21-13)9-7-8-10-12-18-20-14(22-12)16(4,5)6/h7-10H2,1-6H3. The summed E-state index contributed by atoms with van der Waals surface area (Å²) in [5.74, 6) is 2.78. The van der Waals surface area contributed by atoms with Gasteiger partial charge < -0.3 is 8.83 Å². The summed E-state index contributed by atoms with van der Waals surface area (Å²) in [4.78, 5) is 0. The van der Waals surface area contributed by atoms with Crippen molar-refractivity contribution >= 4 is 0 Å². The number of hydrogen-bond donors (Lipinski definition) is 0. The first-order chi connectivity index (χ1) is 10.2. The van der Waals surface area contributed by atoms with E-state index in [1.165, 1.54) is 0 Å². The third kappa shape index (κ3) is 4.39. The third-order valence-corrected chi connectivity index (χ3v) is 3.25. The van der Waals surface area contributed by atoms with E-state index in [-0.39, 0.29) is 10.8 Å². The molecule has 122 valence electrons. The average molecular weight is 306 g/mol. The fraction of sp³-hybridized carbons (Fsp3) is 0.750. The molecule has 22 heavy (non-hydrogen) atoms. The molecule has 0 atom stereocenters. The van der Waals surface area contributed by atoms with Crippen LogP contribution in [0.5, 0.6) is 0 Å². The van der Waals surface area contributed by atoms with Crippen LogP contribution in [0, 0.1) is 0 Å². The van der Waals surface area contributed by atoms with E-state index in [2.05, 4.69) is 61.9 Å². The molecule has 2 heterocycles. The van der Waals surface area contributed by atoms with Gasteiger partial charge in [-0.3, -0.25) is 0 Å². The van der Waals surface area contributed by atoms with E-state index in [0.29, 0.717) is 23.6 Å². The van der Waals surface area contributed by atoms with E-state index in [4.69, 9.17) is 8.83 Å². The first-order valence-electron chi connectivity index (χ1n) is 7.82. The van der Waals surface area contributed by atoms with Gasteiger partial charge in [-0.05, 0) is 12.8 Å². The molecule has 0 amide bonds. The van der Waals surface area contributed by atoms with E-state index in [1.54, 1.807) is 0 Å². The molecule has 0 radical (unpaired) electrons. The van der Waals surface area contributed by atoms with Gasteiger partial charge in [0.1, 0.15) is 0 Å². The highest BCUT2D eigenvalue weighted by atomic mass is 16.4. The van der Waals surface area contributed by atoms with Crippen LogP contribution >= 0.6 is 0 Å². The summed E-state index contributed by atoms with van der Waals surface area (Å²) in [7, 11) is 0. The Morgan fingerprint density at radius 1 is 0.636 bits per heavy atom. The molecule has 2 aromatic heterocycles. The van der Waals surface area contributed by atoms with E-state index >= 15 is 0 Å². The van der Waals surface area contributed by atoms with Crippen molar-refractivity contribution in [3.63, 3.8) is 0 Å². The summed E-state index contributed by atoms with van der Waals surface area (Å²) in [6.45, 7) is 12.4. The second-order valence-corrected chi connectivity index (χ2v) is 7.71. The van der Waals surface area contributed by atoms with Gasteiger partial charge >= 0.3 is 0 Å². The van der Waals surface area contributed by atoms with Crippen LogP contribution < -0.4 is 0 Å². The number of unbranched alkanes of at least 4 members (excludes halogenated alkanes) is 1. The topological polar surface area (TPSA) is 77.8 Å². The van der Waals surface area contributed by atoms with Gasteiger partial charge in [-0.1, -0.05) is 41.5 Å². The molecule has 2 aromatic rings. The maximum Gasteiger partial charge on any atom is 0.221 e. The van der Waals surface area contributed by atoms with E-state index in [1.807, 2.05) is 0 Å². The largest absolute Gasteiger partial charge is 0.425 e. The van der Waals surface area contributed by atoms with E-state index in [9.17, 15) is 0 Å². The second-order valence-electron chi connectivity index (χ2n) is 7.71. The normalized spacial score (nSPS) is 12.8. The number of nitrogens with zero attached hydrogens (tertiary/aromatic N) is 4. The maximum absolute atomic E-state index is 5.68. The van der Waals surface area contributed by atoms with Crippen molar-refractivity contribution in [2.45, 2.75) is 78.1 Å². The van der Waals surface area contributed by atoms with Crippen LogP contribution in [0.4, 0.5) is 0 Å². The predicted molar refractivity (Wildman–Crippen MR) is 82.6 cm³/mol. The minimum absolute atomic E-state index is 0.0988. The van der Waals surface area contributed by atoms with Crippen molar-refractivity contribution in [3.8, 4) is 0 Å². The highest BCUT2D eigenvalue weighted by Gasteiger charge is 2.22. The Bertz CT molecular complexity index is 548. The first-order valence-corrected chi connectivity index (χ1v) is 7.82. The van der Waals surface area contributed by atoms with Gasteiger partial charge in [0, 0.05) is 23.7 Å². The Kier molecular flexibility index (Phi) is 4.68. The summed E-state index contributed by atoms with van der Waals surface area (Å²) in [5, 5.41) is 16.4. The maximum atomic E-state index is 5.68. The minimum Gasteiger partial charge on any atom is -0.425 e. The molecule has 0 saturated carbocycles. The molecule has 0 spiro atoms. The van der Waals surface area contributed by atoms with Crippen LogP contribution in [0.2, 0.25) is 0 Å². The van der Waals surface area contributed by atoms with Gasteiger partial charge in [0.15, 0.2) is 0 Å². The van der Waals surface area contributed by atoms with E-state index in [0.717, 1.165) is 25.7 Å². The van der Waals surface area contributed by atoms with Crippen molar-refractivity contribution in [3.05, 3.63) is 23.6 Å². The molecular weight excluding hydrogens is 280 g/mol. The lowest BCUT2D eigenvalue weighted by atomic mass is 9.97. The average Bonchev–Trinajstić information content (AvgIpc) is 3.02. The van der Waals surface area contributed by atoms with Crippen molar-refractivity contribution in [2.75, 3.05) is 0 Å². The molecule has 0 fully saturated rings. The highest BCUT2D eigenvalue weighted by Crippen LogP contribution is 2.22. The van der Waals surface area contributed by atoms with Gasteiger partial charge in [0.2, 0.25) is 23.6 Å². The molecule has 0 aliphatic carbocycles. The number of aromatic nitrogens is 4. The second kappa shape index (κ2) is 6.18. The van der Waals surface area contributed by atoms with Crippen LogP contribution in [-0.2, 0) is 23.7 Å². The lowest BCUT2D eigenvalue weighted by Gasteiger charge is -2.11. The lowest BCUT2D eigenvalue weighted by molar-refractivity contribution is 0.362. The summed E-state index contributed by atoms with van der Waals surface area (Å²) in [6, 6.07) is 0. The summed E-state index contributed by atoms with van der Waals surface area (Å²) in [6.07, 6.45) is 3.48.